The summed E-state index contributed by atoms with van der Waals surface area (Å²) < 4.78 is 19.1. The van der Waals surface area contributed by atoms with Gasteiger partial charge >= 0.3 is 0 Å². The lowest BCUT2D eigenvalue weighted by molar-refractivity contribution is -0.142. The molecule has 0 aliphatic carbocycles. The number of amides is 1. The van der Waals surface area contributed by atoms with Gasteiger partial charge in [-0.15, -0.1) is 0 Å². The smallest absolute Gasteiger partial charge is 0.225 e. The highest BCUT2D eigenvalue weighted by molar-refractivity contribution is 5.77. The van der Waals surface area contributed by atoms with Gasteiger partial charge in [0, 0.05) is 31.0 Å². The lowest BCUT2D eigenvalue weighted by Crippen LogP contribution is -2.44. The van der Waals surface area contributed by atoms with Gasteiger partial charge in [-0.1, -0.05) is 30.3 Å². The molecule has 3 heterocycles. The molecule has 0 bridgehead atoms. The molecule has 1 amide bonds. The highest BCUT2D eigenvalue weighted by Gasteiger charge is 2.32. The maximum atomic E-state index is 13.1. The molecule has 0 spiro atoms. The molecular formula is C24H33N3O4. The number of hydrogen-bond donors (Lipinski definition) is 0. The number of benzene rings is 1. The van der Waals surface area contributed by atoms with Crippen molar-refractivity contribution in [1.82, 2.24) is 14.7 Å². The van der Waals surface area contributed by atoms with E-state index in [2.05, 4.69) is 19.1 Å². The van der Waals surface area contributed by atoms with Crippen LogP contribution in [0, 0.1) is 13.8 Å². The van der Waals surface area contributed by atoms with Gasteiger partial charge in [0.2, 0.25) is 5.91 Å². The van der Waals surface area contributed by atoms with Crippen LogP contribution in [-0.4, -0.2) is 66.3 Å². The van der Waals surface area contributed by atoms with Crippen molar-refractivity contribution in [2.45, 2.75) is 51.8 Å². The van der Waals surface area contributed by atoms with Crippen molar-refractivity contribution < 1.29 is 19.0 Å². The first kappa shape index (κ1) is 22.0. The van der Waals surface area contributed by atoms with E-state index in [1.165, 1.54) is 5.56 Å². The van der Waals surface area contributed by atoms with E-state index in [1.807, 2.05) is 34.7 Å². The van der Waals surface area contributed by atoms with Gasteiger partial charge in [-0.2, -0.15) is 5.10 Å². The quantitative estimate of drug-likeness (QED) is 0.680. The van der Waals surface area contributed by atoms with E-state index in [9.17, 15) is 4.79 Å². The van der Waals surface area contributed by atoms with Crippen molar-refractivity contribution in [2.24, 2.45) is 0 Å². The topological polar surface area (TPSA) is 65.8 Å². The maximum Gasteiger partial charge on any atom is 0.225 e. The number of hydrogen-bond acceptors (Lipinski definition) is 5. The molecule has 0 N–H and O–H groups in total. The van der Waals surface area contributed by atoms with Gasteiger partial charge < -0.3 is 19.1 Å². The lowest BCUT2D eigenvalue weighted by Gasteiger charge is -2.36. The van der Waals surface area contributed by atoms with E-state index < -0.39 is 0 Å². The number of aromatic nitrogens is 2. The molecule has 1 aromatic heterocycles. The minimum atomic E-state index is -0.103. The Labute approximate surface area is 184 Å². The highest BCUT2D eigenvalue weighted by atomic mass is 16.5. The molecule has 2 fully saturated rings. The Hall–Kier alpha value is -2.22. The molecule has 168 valence electrons. The van der Waals surface area contributed by atoms with Crippen molar-refractivity contribution in [2.75, 3.05) is 39.6 Å². The van der Waals surface area contributed by atoms with E-state index in [4.69, 9.17) is 19.3 Å². The minimum Gasteiger partial charge on any atom is -0.381 e. The Morgan fingerprint density at radius 1 is 1.13 bits per heavy atom. The van der Waals surface area contributed by atoms with Crippen molar-refractivity contribution in [1.29, 1.82) is 0 Å². The van der Waals surface area contributed by atoms with Crippen LogP contribution in [-0.2, 0) is 25.5 Å². The number of carbonyl (C=O) groups excluding carboxylic acids is 1. The Balaban J connectivity index is 1.43. The number of aryl methyl sites for hydroxylation is 1. The summed E-state index contributed by atoms with van der Waals surface area (Å²) in [5, 5.41) is 4.78. The summed E-state index contributed by atoms with van der Waals surface area (Å²) >= 11 is 0. The first-order valence-electron chi connectivity index (χ1n) is 11.3. The molecule has 1 atom stereocenters. The van der Waals surface area contributed by atoms with Crippen LogP contribution in [0.3, 0.4) is 0 Å². The molecule has 2 aromatic rings. The fourth-order valence-corrected chi connectivity index (χ4v) is 4.54. The Morgan fingerprint density at radius 2 is 1.90 bits per heavy atom. The van der Waals surface area contributed by atoms with Crippen molar-refractivity contribution in [3.63, 3.8) is 0 Å². The van der Waals surface area contributed by atoms with Gasteiger partial charge in [0.1, 0.15) is 0 Å². The van der Waals surface area contributed by atoms with Gasteiger partial charge in [0.25, 0.3) is 0 Å². The first-order valence-corrected chi connectivity index (χ1v) is 11.3. The van der Waals surface area contributed by atoms with E-state index >= 15 is 0 Å². The lowest BCUT2D eigenvalue weighted by atomic mass is 10.0. The van der Waals surface area contributed by atoms with Crippen molar-refractivity contribution in [3.8, 4) is 0 Å². The van der Waals surface area contributed by atoms with E-state index in [0.29, 0.717) is 39.3 Å². The second kappa shape index (κ2) is 10.4. The average Bonchev–Trinajstić information content (AvgIpc) is 3.07. The highest BCUT2D eigenvalue weighted by Crippen LogP contribution is 2.30. The molecule has 2 aliphatic heterocycles. The minimum absolute atomic E-state index is 0.103. The number of carbonyl (C=O) groups is 1. The van der Waals surface area contributed by atoms with E-state index in [0.717, 1.165) is 43.0 Å². The number of morpholine rings is 1. The van der Waals surface area contributed by atoms with Crippen LogP contribution in [0.1, 0.15) is 47.8 Å². The fraction of sp³-hybridized carbons (Fsp3) is 0.583. The summed E-state index contributed by atoms with van der Waals surface area (Å²) in [5.41, 5.74) is 4.36. The molecule has 1 aromatic carbocycles. The van der Waals surface area contributed by atoms with Crippen LogP contribution >= 0.6 is 0 Å². The zero-order valence-corrected chi connectivity index (χ0v) is 18.6. The number of ether oxygens (including phenoxy) is 3. The van der Waals surface area contributed by atoms with E-state index in [-0.39, 0.29) is 18.1 Å². The van der Waals surface area contributed by atoms with Crippen LogP contribution in [0.5, 0.6) is 0 Å². The maximum absolute atomic E-state index is 13.1. The van der Waals surface area contributed by atoms with Crippen LogP contribution in [0.15, 0.2) is 30.3 Å². The molecular weight excluding hydrogens is 394 g/mol. The van der Waals surface area contributed by atoms with Crippen LogP contribution < -0.4 is 0 Å². The molecule has 2 aliphatic rings. The van der Waals surface area contributed by atoms with E-state index in [1.54, 1.807) is 0 Å². The fourth-order valence-electron chi connectivity index (χ4n) is 4.54. The second-order valence-electron chi connectivity index (χ2n) is 8.34. The predicted octanol–water partition coefficient (Wildman–Crippen LogP) is 3.03. The summed E-state index contributed by atoms with van der Waals surface area (Å²) in [7, 11) is 0. The standard InChI is InChI=1S/C24H33N3O4/c1-18-24(19(2)27(25-18)16-20-6-4-3-5-7-20)22-17-30-15-11-26(22)23(28)10-14-31-21-8-12-29-13-9-21/h3-7,21-22H,8-17H2,1-2H3. The Morgan fingerprint density at radius 3 is 2.68 bits per heavy atom. The third kappa shape index (κ3) is 5.34. The van der Waals surface area contributed by atoms with Gasteiger partial charge in [0.15, 0.2) is 0 Å². The molecule has 2 saturated heterocycles. The normalized spacial score (nSPS) is 20.2. The van der Waals surface area contributed by atoms with Gasteiger partial charge in [-0.3, -0.25) is 9.48 Å². The molecule has 31 heavy (non-hydrogen) atoms. The zero-order valence-electron chi connectivity index (χ0n) is 18.6. The average molecular weight is 428 g/mol. The number of rotatable bonds is 7. The number of nitrogens with zero attached hydrogens (tertiary/aromatic N) is 3. The third-order valence-electron chi connectivity index (χ3n) is 6.23. The Kier molecular flexibility index (Phi) is 7.37. The monoisotopic (exact) mass is 427 g/mol. The molecule has 1 unspecified atom stereocenters. The molecule has 7 heteroatoms. The second-order valence-corrected chi connectivity index (χ2v) is 8.34. The Bertz CT molecular complexity index is 861. The zero-order chi connectivity index (χ0) is 21.6. The molecule has 7 nitrogen and oxygen atoms in total. The third-order valence-corrected chi connectivity index (χ3v) is 6.23. The SMILES string of the molecule is Cc1nn(Cc2ccccc2)c(C)c1C1COCCN1C(=O)CCOC1CCOCC1. The predicted molar refractivity (Wildman–Crippen MR) is 117 cm³/mol. The molecule has 4 rings (SSSR count). The summed E-state index contributed by atoms with van der Waals surface area (Å²) in [6, 6.07) is 10.2. The molecule has 0 saturated carbocycles. The summed E-state index contributed by atoms with van der Waals surface area (Å²) in [6.45, 7) is 8.45. The van der Waals surface area contributed by atoms with Crippen LogP contribution in [0.4, 0.5) is 0 Å². The largest absolute Gasteiger partial charge is 0.381 e. The summed E-state index contributed by atoms with van der Waals surface area (Å²) in [4.78, 5) is 15.0. The van der Waals surface area contributed by atoms with Crippen LogP contribution in [0.25, 0.3) is 0 Å². The van der Waals surface area contributed by atoms with Crippen molar-refractivity contribution in [3.05, 3.63) is 52.8 Å². The summed E-state index contributed by atoms with van der Waals surface area (Å²) in [6.07, 6.45) is 2.42. The van der Waals surface area contributed by atoms with Crippen LogP contribution in [0.2, 0.25) is 0 Å². The van der Waals surface area contributed by atoms with Gasteiger partial charge in [-0.25, -0.2) is 0 Å². The molecule has 0 radical (unpaired) electrons. The first-order chi connectivity index (χ1) is 15.1. The van der Waals surface area contributed by atoms with Gasteiger partial charge in [-0.05, 0) is 32.3 Å². The van der Waals surface area contributed by atoms with Crippen molar-refractivity contribution >= 4 is 5.91 Å². The summed E-state index contributed by atoms with van der Waals surface area (Å²) in [5.74, 6) is 0.120. The van der Waals surface area contributed by atoms with Gasteiger partial charge in [0.05, 0.1) is 50.6 Å².